The Bertz CT molecular complexity index is 784. The minimum absolute atomic E-state index is 0.121. The molecule has 2 aliphatic rings. The Balaban J connectivity index is 1.39. The van der Waals surface area contributed by atoms with Crippen molar-refractivity contribution in [3.63, 3.8) is 0 Å². The number of rotatable bonds is 4. The maximum atomic E-state index is 12.9. The fraction of sp³-hybridized carbons (Fsp3) is 0.524. The van der Waals surface area contributed by atoms with Gasteiger partial charge in [-0.1, -0.05) is 6.07 Å². The Hall–Kier alpha value is -1.98. The molecule has 0 bridgehead atoms. The summed E-state index contributed by atoms with van der Waals surface area (Å²) in [6.07, 6.45) is 5.06. The fourth-order valence-electron chi connectivity index (χ4n) is 4.18. The summed E-state index contributed by atoms with van der Waals surface area (Å²) in [5, 5.41) is 1.01. The molecule has 1 amide bonds. The summed E-state index contributed by atoms with van der Waals surface area (Å²) in [5.41, 5.74) is 1.90. The maximum Gasteiger partial charge on any atom is 0.253 e. The molecule has 5 heteroatoms. The molecule has 26 heavy (non-hydrogen) atoms. The lowest BCUT2D eigenvalue weighted by molar-refractivity contribution is 0.0159. The molecule has 1 spiro atoms. The molecule has 5 nitrogen and oxygen atoms in total. The van der Waals surface area contributed by atoms with E-state index in [2.05, 4.69) is 4.98 Å². The van der Waals surface area contributed by atoms with E-state index in [9.17, 15) is 4.79 Å². The Morgan fingerprint density at radius 2 is 2.19 bits per heavy atom. The summed E-state index contributed by atoms with van der Waals surface area (Å²) in [4.78, 5) is 19.2. The van der Waals surface area contributed by atoms with Crippen molar-refractivity contribution in [3.05, 3.63) is 42.1 Å². The topological polar surface area (TPSA) is 51.7 Å². The van der Waals surface area contributed by atoms with Crippen molar-refractivity contribution in [3.8, 4) is 0 Å². The molecule has 2 fully saturated rings. The van der Waals surface area contributed by atoms with Crippen molar-refractivity contribution in [2.75, 3.05) is 32.9 Å². The first-order valence-electron chi connectivity index (χ1n) is 9.52. The zero-order chi connectivity index (χ0) is 18.0. The van der Waals surface area contributed by atoms with E-state index in [1.165, 1.54) is 0 Å². The molecule has 4 rings (SSSR count). The second-order valence-corrected chi connectivity index (χ2v) is 7.50. The number of hydrogen-bond acceptors (Lipinski definition) is 4. The van der Waals surface area contributed by atoms with Crippen LogP contribution in [0.25, 0.3) is 10.9 Å². The molecule has 1 unspecified atom stereocenters. The van der Waals surface area contributed by atoms with Crippen LogP contribution in [-0.2, 0) is 9.47 Å². The van der Waals surface area contributed by atoms with E-state index < -0.39 is 0 Å². The predicted octanol–water partition coefficient (Wildman–Crippen LogP) is 3.28. The van der Waals surface area contributed by atoms with Gasteiger partial charge in [-0.15, -0.1) is 0 Å². The number of fused-ring (bicyclic) bond motifs is 1. The summed E-state index contributed by atoms with van der Waals surface area (Å²) in [6, 6.07) is 9.67. The highest BCUT2D eigenvalue weighted by atomic mass is 16.5. The SMILES string of the molecule is CCOCC1CC2(CCN(C(=O)c3ccc4ncccc4c3)CC2)CO1. The lowest BCUT2D eigenvalue weighted by atomic mass is 9.76. The van der Waals surface area contributed by atoms with Crippen LogP contribution in [0.4, 0.5) is 0 Å². The van der Waals surface area contributed by atoms with Crippen molar-refractivity contribution in [2.24, 2.45) is 5.41 Å². The first-order chi connectivity index (χ1) is 12.7. The van der Waals surface area contributed by atoms with E-state index in [-0.39, 0.29) is 17.4 Å². The van der Waals surface area contributed by atoms with Crippen LogP contribution < -0.4 is 0 Å². The van der Waals surface area contributed by atoms with Gasteiger partial charge in [0.25, 0.3) is 5.91 Å². The van der Waals surface area contributed by atoms with Crippen LogP contribution in [0.2, 0.25) is 0 Å². The Kier molecular flexibility index (Phi) is 4.92. The highest BCUT2D eigenvalue weighted by Gasteiger charge is 2.43. The van der Waals surface area contributed by atoms with Gasteiger partial charge in [0.15, 0.2) is 0 Å². The van der Waals surface area contributed by atoms with Crippen molar-refractivity contribution < 1.29 is 14.3 Å². The number of hydrogen-bond donors (Lipinski definition) is 0. The van der Waals surface area contributed by atoms with Gasteiger partial charge in [-0.3, -0.25) is 9.78 Å². The van der Waals surface area contributed by atoms with Gasteiger partial charge in [0.1, 0.15) is 0 Å². The third kappa shape index (κ3) is 3.46. The molecule has 2 aromatic rings. The van der Waals surface area contributed by atoms with Crippen LogP contribution in [-0.4, -0.2) is 54.8 Å². The molecule has 1 aromatic heterocycles. The minimum atomic E-state index is 0.121. The summed E-state index contributed by atoms with van der Waals surface area (Å²) in [7, 11) is 0. The number of carbonyl (C=O) groups is 1. The molecule has 1 atom stereocenters. The molecule has 138 valence electrons. The zero-order valence-corrected chi connectivity index (χ0v) is 15.3. The van der Waals surface area contributed by atoms with Gasteiger partial charge in [-0.2, -0.15) is 0 Å². The summed E-state index contributed by atoms with van der Waals surface area (Å²) < 4.78 is 11.5. The number of piperidine rings is 1. The predicted molar refractivity (Wildman–Crippen MR) is 100 cm³/mol. The third-order valence-electron chi connectivity index (χ3n) is 5.76. The maximum absolute atomic E-state index is 12.9. The fourth-order valence-corrected chi connectivity index (χ4v) is 4.18. The highest BCUT2D eigenvalue weighted by Crippen LogP contribution is 2.42. The second kappa shape index (κ2) is 7.33. The van der Waals surface area contributed by atoms with E-state index >= 15 is 0 Å². The second-order valence-electron chi connectivity index (χ2n) is 7.50. The van der Waals surface area contributed by atoms with Crippen molar-refractivity contribution in [1.82, 2.24) is 9.88 Å². The van der Waals surface area contributed by atoms with Crippen molar-refractivity contribution >= 4 is 16.8 Å². The Morgan fingerprint density at radius 3 is 3.00 bits per heavy atom. The van der Waals surface area contributed by atoms with E-state index in [1.807, 2.05) is 42.2 Å². The number of pyridine rings is 1. The Labute approximate surface area is 154 Å². The normalized spacial score (nSPS) is 22.2. The monoisotopic (exact) mass is 354 g/mol. The van der Waals surface area contributed by atoms with Crippen LogP contribution in [0.3, 0.4) is 0 Å². The van der Waals surface area contributed by atoms with Gasteiger partial charge >= 0.3 is 0 Å². The van der Waals surface area contributed by atoms with Gasteiger partial charge in [0, 0.05) is 36.8 Å². The molecule has 0 saturated carbocycles. The van der Waals surface area contributed by atoms with Gasteiger partial charge in [-0.25, -0.2) is 0 Å². The van der Waals surface area contributed by atoms with E-state index in [4.69, 9.17) is 9.47 Å². The first kappa shape index (κ1) is 17.4. The molecule has 0 aliphatic carbocycles. The van der Waals surface area contributed by atoms with E-state index in [0.29, 0.717) is 6.61 Å². The molecular formula is C21H26N2O3. The average molecular weight is 354 g/mol. The van der Waals surface area contributed by atoms with Crippen LogP contribution in [0.5, 0.6) is 0 Å². The molecular weight excluding hydrogens is 328 g/mol. The molecule has 3 heterocycles. The summed E-state index contributed by atoms with van der Waals surface area (Å²) in [5.74, 6) is 0.121. The smallest absolute Gasteiger partial charge is 0.253 e. The molecule has 2 saturated heterocycles. The number of amides is 1. The zero-order valence-electron chi connectivity index (χ0n) is 15.3. The lowest BCUT2D eigenvalue weighted by Gasteiger charge is -2.38. The third-order valence-corrected chi connectivity index (χ3v) is 5.76. The average Bonchev–Trinajstić information content (AvgIpc) is 3.08. The molecule has 1 aromatic carbocycles. The summed E-state index contributed by atoms with van der Waals surface area (Å²) in [6.45, 7) is 5.83. The number of ether oxygens (including phenoxy) is 2. The molecule has 0 radical (unpaired) electrons. The Morgan fingerprint density at radius 1 is 1.35 bits per heavy atom. The van der Waals surface area contributed by atoms with Crippen molar-refractivity contribution in [2.45, 2.75) is 32.3 Å². The van der Waals surface area contributed by atoms with Crippen LogP contribution >= 0.6 is 0 Å². The quantitative estimate of drug-likeness (QED) is 0.845. The van der Waals surface area contributed by atoms with Crippen LogP contribution in [0.1, 0.15) is 36.5 Å². The largest absolute Gasteiger partial charge is 0.379 e. The number of aromatic nitrogens is 1. The first-order valence-corrected chi connectivity index (χ1v) is 9.52. The van der Waals surface area contributed by atoms with Gasteiger partial charge in [-0.05, 0) is 55.9 Å². The number of nitrogens with zero attached hydrogens (tertiary/aromatic N) is 2. The standard InChI is InChI=1S/C21H26N2O3/c1-2-25-14-18-13-21(15-26-18)7-10-23(11-8-21)20(24)17-5-6-19-16(12-17)4-3-9-22-19/h3-6,9,12,18H,2,7-8,10-11,13-15H2,1H3. The van der Waals surface area contributed by atoms with Crippen LogP contribution in [0, 0.1) is 5.41 Å². The molecule has 0 N–H and O–H groups in total. The van der Waals surface area contributed by atoms with Crippen molar-refractivity contribution in [1.29, 1.82) is 0 Å². The van der Waals surface area contributed by atoms with Gasteiger partial charge in [0.2, 0.25) is 0 Å². The minimum Gasteiger partial charge on any atom is -0.379 e. The van der Waals surface area contributed by atoms with Crippen LogP contribution in [0.15, 0.2) is 36.5 Å². The van der Waals surface area contributed by atoms with Gasteiger partial charge in [0.05, 0.1) is 24.8 Å². The summed E-state index contributed by atoms with van der Waals surface area (Å²) >= 11 is 0. The lowest BCUT2D eigenvalue weighted by Crippen LogP contribution is -2.43. The van der Waals surface area contributed by atoms with E-state index in [0.717, 1.165) is 62.0 Å². The number of likely N-dealkylation sites (tertiary alicyclic amines) is 1. The van der Waals surface area contributed by atoms with E-state index in [1.54, 1.807) is 6.20 Å². The number of benzene rings is 1. The number of carbonyl (C=O) groups excluding carboxylic acids is 1. The molecule has 2 aliphatic heterocycles. The van der Waals surface area contributed by atoms with Gasteiger partial charge < -0.3 is 14.4 Å². The highest BCUT2D eigenvalue weighted by molar-refractivity contribution is 5.98.